The quantitative estimate of drug-likeness (QED) is 0.418. The molecule has 5 rings (SSSR count). The van der Waals surface area contributed by atoms with Gasteiger partial charge in [-0.05, 0) is 54.4 Å². The smallest absolute Gasteiger partial charge is 0.302 e. The SMILES string of the molecule is COC1OC(OC)C(O)(C2CC=C3C2(C)CCC2C4(C)C=CC(=O)C(C)(C)C4CC(OC(C)=O)C32C)C1O. The molecule has 2 saturated carbocycles. The van der Waals surface area contributed by atoms with Crippen LogP contribution < -0.4 is 0 Å². The van der Waals surface area contributed by atoms with Crippen molar-refractivity contribution in [3.8, 4) is 0 Å². The van der Waals surface area contributed by atoms with Crippen molar-refractivity contribution in [3.05, 3.63) is 23.8 Å². The lowest BCUT2D eigenvalue weighted by atomic mass is 9.38. The Kier molecular flexibility index (Phi) is 6.41. The highest BCUT2D eigenvalue weighted by molar-refractivity contribution is 5.95. The number of methoxy groups -OCH3 is 2. The summed E-state index contributed by atoms with van der Waals surface area (Å²) in [5.74, 6) is -0.485. The van der Waals surface area contributed by atoms with Crippen LogP contribution in [0.1, 0.15) is 67.2 Å². The standard InChI is InChI=1S/C30H44O8/c1-16(31)37-22-15-20-26(2,3)21(32)12-14-28(20,5)18-11-13-27(4)17(29(18,22)6)9-10-19(27)30(34)23(33)24(35-7)38-25(30)36-8/h9,12,14,18-20,22-25,33-34H,10-11,13,15H2,1-8H3. The van der Waals surface area contributed by atoms with Gasteiger partial charge in [0.2, 0.25) is 0 Å². The molecule has 11 atom stereocenters. The first-order valence-corrected chi connectivity index (χ1v) is 13.9. The summed E-state index contributed by atoms with van der Waals surface area (Å²) in [7, 11) is 2.90. The number of esters is 1. The molecule has 1 saturated heterocycles. The summed E-state index contributed by atoms with van der Waals surface area (Å²) in [4.78, 5) is 25.4. The van der Waals surface area contributed by atoms with Crippen molar-refractivity contribution in [1.82, 2.24) is 0 Å². The lowest BCUT2D eigenvalue weighted by molar-refractivity contribution is -0.239. The highest BCUT2D eigenvalue weighted by Gasteiger charge is 2.72. The summed E-state index contributed by atoms with van der Waals surface area (Å²) < 4.78 is 22.8. The topological polar surface area (TPSA) is 112 Å². The molecule has 5 aliphatic rings. The van der Waals surface area contributed by atoms with Crippen molar-refractivity contribution in [3.63, 3.8) is 0 Å². The summed E-state index contributed by atoms with van der Waals surface area (Å²) in [5.41, 5.74) is -2.41. The van der Waals surface area contributed by atoms with E-state index in [1.54, 1.807) is 6.08 Å². The first-order valence-electron chi connectivity index (χ1n) is 13.9. The molecular formula is C30H44O8. The Hall–Kier alpha value is -1.58. The maximum Gasteiger partial charge on any atom is 0.302 e. The van der Waals surface area contributed by atoms with Gasteiger partial charge < -0.3 is 29.2 Å². The van der Waals surface area contributed by atoms with E-state index in [0.29, 0.717) is 12.8 Å². The number of aliphatic hydroxyl groups is 2. The second kappa shape index (κ2) is 8.71. The van der Waals surface area contributed by atoms with Gasteiger partial charge in [-0.1, -0.05) is 52.3 Å². The molecule has 38 heavy (non-hydrogen) atoms. The predicted octanol–water partition coefficient (Wildman–Crippen LogP) is 3.55. The Morgan fingerprint density at radius 3 is 2.37 bits per heavy atom. The molecule has 2 N–H and O–H groups in total. The summed E-state index contributed by atoms with van der Waals surface area (Å²) >= 11 is 0. The van der Waals surface area contributed by atoms with Crippen molar-refractivity contribution >= 4 is 11.8 Å². The highest BCUT2D eigenvalue weighted by Crippen LogP contribution is 2.73. The number of rotatable bonds is 4. The van der Waals surface area contributed by atoms with Gasteiger partial charge in [-0.15, -0.1) is 0 Å². The maximum absolute atomic E-state index is 13.0. The minimum absolute atomic E-state index is 0.0200. The summed E-state index contributed by atoms with van der Waals surface area (Å²) in [5, 5.41) is 23.3. The molecule has 0 radical (unpaired) electrons. The minimum Gasteiger partial charge on any atom is -0.462 e. The zero-order valence-electron chi connectivity index (χ0n) is 23.9. The largest absolute Gasteiger partial charge is 0.462 e. The fourth-order valence-corrected chi connectivity index (χ4v) is 9.78. The van der Waals surface area contributed by atoms with E-state index in [2.05, 4.69) is 32.9 Å². The fraction of sp³-hybridized carbons (Fsp3) is 0.800. The van der Waals surface area contributed by atoms with Crippen LogP contribution in [0.25, 0.3) is 0 Å². The van der Waals surface area contributed by atoms with E-state index in [-0.39, 0.29) is 29.0 Å². The van der Waals surface area contributed by atoms with Crippen LogP contribution in [0, 0.1) is 39.4 Å². The van der Waals surface area contributed by atoms with Crippen molar-refractivity contribution in [2.75, 3.05) is 14.2 Å². The second-order valence-electron chi connectivity index (χ2n) is 13.5. The number of ether oxygens (including phenoxy) is 4. The van der Waals surface area contributed by atoms with Gasteiger partial charge in [0.1, 0.15) is 17.8 Å². The number of hydrogen-bond acceptors (Lipinski definition) is 8. The van der Waals surface area contributed by atoms with E-state index in [4.69, 9.17) is 18.9 Å². The molecule has 0 aromatic heterocycles. The Morgan fingerprint density at radius 2 is 1.76 bits per heavy atom. The molecule has 0 bridgehead atoms. The molecular weight excluding hydrogens is 488 g/mol. The molecule has 4 aliphatic carbocycles. The molecule has 11 unspecified atom stereocenters. The van der Waals surface area contributed by atoms with E-state index < -0.39 is 52.6 Å². The molecule has 0 spiro atoms. The Morgan fingerprint density at radius 1 is 1.08 bits per heavy atom. The predicted molar refractivity (Wildman–Crippen MR) is 138 cm³/mol. The third-order valence-electron chi connectivity index (χ3n) is 11.6. The Labute approximate surface area is 225 Å². The first kappa shape index (κ1) is 28.0. The molecule has 212 valence electrons. The van der Waals surface area contributed by atoms with E-state index in [9.17, 15) is 19.8 Å². The molecule has 1 aliphatic heterocycles. The van der Waals surface area contributed by atoms with Gasteiger partial charge in [-0.25, -0.2) is 0 Å². The molecule has 1 heterocycles. The van der Waals surface area contributed by atoms with E-state index in [0.717, 1.165) is 18.4 Å². The third-order valence-corrected chi connectivity index (χ3v) is 11.6. The highest BCUT2D eigenvalue weighted by atomic mass is 16.8. The molecule has 0 amide bonds. The lowest BCUT2D eigenvalue weighted by Gasteiger charge is -2.66. The number of allylic oxidation sites excluding steroid dienone is 3. The second-order valence-corrected chi connectivity index (χ2v) is 13.5. The summed E-state index contributed by atoms with van der Waals surface area (Å²) in [6, 6.07) is 0. The van der Waals surface area contributed by atoms with Gasteiger partial charge in [0.15, 0.2) is 18.4 Å². The van der Waals surface area contributed by atoms with Crippen LogP contribution in [-0.4, -0.2) is 66.6 Å². The summed E-state index contributed by atoms with van der Waals surface area (Å²) in [6.45, 7) is 12.1. The molecule has 0 aromatic carbocycles. The van der Waals surface area contributed by atoms with Crippen LogP contribution in [-0.2, 0) is 28.5 Å². The average Bonchev–Trinajstić information content (AvgIpc) is 3.33. The van der Waals surface area contributed by atoms with E-state index in [1.165, 1.54) is 21.1 Å². The van der Waals surface area contributed by atoms with Gasteiger partial charge in [0.25, 0.3) is 0 Å². The zero-order valence-corrected chi connectivity index (χ0v) is 23.9. The van der Waals surface area contributed by atoms with Gasteiger partial charge >= 0.3 is 5.97 Å². The van der Waals surface area contributed by atoms with Gasteiger partial charge in [-0.2, -0.15) is 0 Å². The minimum atomic E-state index is -1.69. The van der Waals surface area contributed by atoms with Crippen molar-refractivity contribution in [1.29, 1.82) is 0 Å². The molecule has 8 heteroatoms. The maximum atomic E-state index is 13.0. The zero-order chi connectivity index (χ0) is 28.1. The van der Waals surface area contributed by atoms with Crippen LogP contribution in [0.2, 0.25) is 0 Å². The molecule has 8 nitrogen and oxygen atoms in total. The molecule has 0 aromatic rings. The van der Waals surface area contributed by atoms with E-state index in [1.807, 2.05) is 13.8 Å². The van der Waals surface area contributed by atoms with Crippen molar-refractivity contribution < 1.29 is 38.7 Å². The number of hydrogen-bond donors (Lipinski definition) is 2. The van der Waals surface area contributed by atoms with Crippen LogP contribution >= 0.6 is 0 Å². The lowest BCUT2D eigenvalue weighted by Crippen LogP contribution is -2.66. The van der Waals surface area contributed by atoms with Crippen LogP contribution in [0.4, 0.5) is 0 Å². The van der Waals surface area contributed by atoms with Gasteiger partial charge in [0.05, 0.1) is 0 Å². The van der Waals surface area contributed by atoms with Crippen molar-refractivity contribution in [2.24, 2.45) is 39.4 Å². The van der Waals surface area contributed by atoms with Gasteiger partial charge in [-0.3, -0.25) is 9.59 Å². The van der Waals surface area contributed by atoms with Crippen LogP contribution in [0.15, 0.2) is 23.8 Å². The number of aliphatic hydroxyl groups excluding tert-OH is 1. The monoisotopic (exact) mass is 532 g/mol. The third kappa shape index (κ3) is 3.33. The van der Waals surface area contributed by atoms with Gasteiger partial charge in [0, 0.05) is 37.9 Å². The van der Waals surface area contributed by atoms with Crippen LogP contribution in [0.3, 0.4) is 0 Å². The van der Waals surface area contributed by atoms with Crippen LogP contribution in [0.5, 0.6) is 0 Å². The first-order chi connectivity index (χ1) is 17.6. The average molecular weight is 533 g/mol. The Bertz CT molecular complexity index is 1080. The number of ketones is 1. The van der Waals surface area contributed by atoms with Crippen molar-refractivity contribution in [2.45, 2.75) is 97.6 Å². The number of fused-ring (bicyclic) bond motifs is 5. The molecule has 3 fully saturated rings. The fourth-order valence-electron chi connectivity index (χ4n) is 9.78. The Balaban J connectivity index is 1.61. The number of carbonyl (C=O) groups excluding carboxylic acids is 2. The normalized spacial score (nSPS) is 51.2. The summed E-state index contributed by atoms with van der Waals surface area (Å²) in [6.07, 6.45) is 4.99. The number of carbonyl (C=O) groups is 2. The van der Waals surface area contributed by atoms with E-state index >= 15 is 0 Å².